The van der Waals surface area contributed by atoms with Crippen LogP contribution in [0.3, 0.4) is 0 Å². The zero-order chi connectivity index (χ0) is 7.28. The zero-order valence-electron chi connectivity index (χ0n) is 5.43. The monoisotopic (exact) mass is 131 g/mol. The second-order valence-corrected chi connectivity index (χ2v) is 1.38. The standard InChI is InChI=1S/C5H9NO3/c1-8-4(6)3-5(7)9-2/h6H,3H2,1-2H3. The molecule has 0 atom stereocenters. The average Bonchev–Trinajstić information content (AvgIpc) is 1.87. The molecule has 0 heterocycles. The van der Waals surface area contributed by atoms with Crippen molar-refractivity contribution < 1.29 is 14.3 Å². The van der Waals surface area contributed by atoms with Crippen LogP contribution in [0.15, 0.2) is 0 Å². The Hall–Kier alpha value is -1.06. The minimum Gasteiger partial charge on any atom is -0.484 e. The minimum atomic E-state index is -0.457. The van der Waals surface area contributed by atoms with Crippen LogP contribution >= 0.6 is 0 Å². The van der Waals surface area contributed by atoms with Crippen LogP contribution < -0.4 is 0 Å². The van der Waals surface area contributed by atoms with Crippen molar-refractivity contribution in [2.75, 3.05) is 14.2 Å². The Morgan fingerprint density at radius 2 is 2.00 bits per heavy atom. The van der Waals surface area contributed by atoms with Gasteiger partial charge in [0, 0.05) is 0 Å². The summed E-state index contributed by atoms with van der Waals surface area (Å²) < 4.78 is 8.67. The van der Waals surface area contributed by atoms with E-state index >= 15 is 0 Å². The molecule has 0 saturated carbocycles. The molecule has 0 unspecified atom stereocenters. The first-order chi connectivity index (χ1) is 4.20. The van der Waals surface area contributed by atoms with Crippen LogP contribution in [0.4, 0.5) is 0 Å². The number of nitrogens with one attached hydrogen (secondary N) is 1. The molecule has 0 radical (unpaired) electrons. The van der Waals surface area contributed by atoms with Crippen molar-refractivity contribution in [3.05, 3.63) is 0 Å². The van der Waals surface area contributed by atoms with Crippen LogP contribution in [-0.4, -0.2) is 26.1 Å². The first-order valence-corrected chi connectivity index (χ1v) is 2.39. The van der Waals surface area contributed by atoms with Gasteiger partial charge in [-0.25, -0.2) is 0 Å². The normalized spacial score (nSPS) is 8.22. The lowest BCUT2D eigenvalue weighted by molar-refractivity contribution is -0.139. The van der Waals surface area contributed by atoms with Gasteiger partial charge in [0.25, 0.3) is 0 Å². The van der Waals surface area contributed by atoms with Gasteiger partial charge in [-0.2, -0.15) is 0 Å². The van der Waals surface area contributed by atoms with E-state index in [-0.39, 0.29) is 12.3 Å². The first-order valence-electron chi connectivity index (χ1n) is 2.39. The smallest absolute Gasteiger partial charge is 0.314 e. The molecule has 9 heavy (non-hydrogen) atoms. The van der Waals surface area contributed by atoms with Crippen molar-refractivity contribution in [3.63, 3.8) is 0 Å². The maximum atomic E-state index is 10.3. The molecule has 0 fully saturated rings. The van der Waals surface area contributed by atoms with Crippen molar-refractivity contribution in [3.8, 4) is 0 Å². The summed E-state index contributed by atoms with van der Waals surface area (Å²) in [5, 5.41) is 6.85. The minimum absolute atomic E-state index is 0.0816. The number of esters is 1. The topological polar surface area (TPSA) is 59.4 Å². The summed E-state index contributed by atoms with van der Waals surface area (Å²) in [4.78, 5) is 10.3. The van der Waals surface area contributed by atoms with Gasteiger partial charge in [0.1, 0.15) is 6.42 Å². The summed E-state index contributed by atoms with van der Waals surface area (Å²) in [7, 11) is 2.61. The molecule has 4 nitrogen and oxygen atoms in total. The summed E-state index contributed by atoms with van der Waals surface area (Å²) in [6.07, 6.45) is -0.0903. The average molecular weight is 131 g/mol. The Labute approximate surface area is 53.3 Å². The van der Waals surface area contributed by atoms with Gasteiger partial charge < -0.3 is 9.47 Å². The largest absolute Gasteiger partial charge is 0.484 e. The SMILES string of the molecule is COC(=N)CC(=O)OC. The molecule has 0 aromatic heterocycles. The lowest BCUT2D eigenvalue weighted by Crippen LogP contribution is -2.09. The van der Waals surface area contributed by atoms with Crippen molar-refractivity contribution >= 4 is 11.9 Å². The highest BCUT2D eigenvalue weighted by molar-refractivity contribution is 5.92. The molecule has 0 saturated heterocycles. The van der Waals surface area contributed by atoms with E-state index in [4.69, 9.17) is 5.41 Å². The van der Waals surface area contributed by atoms with Gasteiger partial charge in [0.15, 0.2) is 5.90 Å². The Morgan fingerprint density at radius 1 is 1.44 bits per heavy atom. The number of hydrogen-bond acceptors (Lipinski definition) is 4. The van der Waals surface area contributed by atoms with Gasteiger partial charge in [-0.05, 0) is 0 Å². The van der Waals surface area contributed by atoms with Gasteiger partial charge in [-0.3, -0.25) is 10.2 Å². The van der Waals surface area contributed by atoms with Crippen molar-refractivity contribution in [2.45, 2.75) is 6.42 Å². The molecule has 0 aliphatic rings. The van der Waals surface area contributed by atoms with Crippen LogP contribution in [0.25, 0.3) is 0 Å². The predicted octanol–water partition coefficient (Wildman–Crippen LogP) is 0.173. The van der Waals surface area contributed by atoms with E-state index in [0.29, 0.717) is 0 Å². The summed E-state index contributed by atoms with van der Waals surface area (Å²) in [5.74, 6) is -0.538. The summed E-state index contributed by atoms with van der Waals surface area (Å²) >= 11 is 0. The van der Waals surface area contributed by atoms with Gasteiger partial charge in [0.2, 0.25) is 0 Å². The maximum Gasteiger partial charge on any atom is 0.314 e. The van der Waals surface area contributed by atoms with Crippen LogP contribution in [0.1, 0.15) is 6.42 Å². The molecule has 0 bridgehead atoms. The van der Waals surface area contributed by atoms with E-state index in [1.165, 1.54) is 14.2 Å². The van der Waals surface area contributed by atoms with Crippen molar-refractivity contribution in [2.24, 2.45) is 0 Å². The first kappa shape index (κ1) is 7.94. The highest BCUT2D eigenvalue weighted by atomic mass is 16.5. The number of carbonyl (C=O) groups is 1. The van der Waals surface area contributed by atoms with Gasteiger partial charge >= 0.3 is 5.97 Å². The lowest BCUT2D eigenvalue weighted by atomic mass is 10.4. The summed E-state index contributed by atoms with van der Waals surface area (Å²) in [5.41, 5.74) is 0. The van der Waals surface area contributed by atoms with Crippen LogP contribution in [0.2, 0.25) is 0 Å². The van der Waals surface area contributed by atoms with Crippen molar-refractivity contribution in [1.29, 1.82) is 5.41 Å². The van der Waals surface area contributed by atoms with E-state index < -0.39 is 5.97 Å². The number of hydrogen-bond donors (Lipinski definition) is 1. The maximum absolute atomic E-state index is 10.3. The molecular weight excluding hydrogens is 122 g/mol. The Bertz CT molecular complexity index is 107. The summed E-state index contributed by atoms with van der Waals surface area (Å²) in [6.45, 7) is 0. The number of methoxy groups -OCH3 is 2. The third-order valence-electron chi connectivity index (χ3n) is 0.779. The van der Waals surface area contributed by atoms with E-state index in [0.717, 1.165) is 0 Å². The van der Waals surface area contributed by atoms with Crippen LogP contribution in [0.5, 0.6) is 0 Å². The molecule has 0 amide bonds. The fourth-order valence-corrected chi connectivity index (χ4v) is 0.275. The van der Waals surface area contributed by atoms with E-state index in [9.17, 15) is 4.79 Å². The van der Waals surface area contributed by atoms with E-state index in [1.807, 2.05) is 0 Å². The molecular formula is C5H9NO3. The molecule has 0 aliphatic heterocycles. The van der Waals surface area contributed by atoms with E-state index in [2.05, 4.69) is 9.47 Å². The fraction of sp³-hybridized carbons (Fsp3) is 0.600. The molecule has 0 spiro atoms. The quantitative estimate of drug-likeness (QED) is 0.330. The van der Waals surface area contributed by atoms with Crippen LogP contribution in [-0.2, 0) is 14.3 Å². The molecule has 52 valence electrons. The Balaban J connectivity index is 3.47. The third-order valence-corrected chi connectivity index (χ3v) is 0.779. The predicted molar refractivity (Wildman–Crippen MR) is 31.4 cm³/mol. The van der Waals surface area contributed by atoms with Gasteiger partial charge in [0.05, 0.1) is 14.2 Å². The molecule has 0 aromatic carbocycles. The Kier molecular flexibility index (Phi) is 3.43. The second-order valence-electron chi connectivity index (χ2n) is 1.38. The zero-order valence-corrected chi connectivity index (χ0v) is 5.43. The highest BCUT2D eigenvalue weighted by Gasteiger charge is 2.03. The van der Waals surface area contributed by atoms with Gasteiger partial charge in [-0.15, -0.1) is 0 Å². The van der Waals surface area contributed by atoms with Crippen molar-refractivity contribution in [1.82, 2.24) is 0 Å². The second kappa shape index (κ2) is 3.88. The van der Waals surface area contributed by atoms with Gasteiger partial charge in [-0.1, -0.05) is 0 Å². The molecule has 0 aromatic rings. The molecule has 0 aliphatic carbocycles. The van der Waals surface area contributed by atoms with E-state index in [1.54, 1.807) is 0 Å². The Morgan fingerprint density at radius 3 is 2.33 bits per heavy atom. The van der Waals surface area contributed by atoms with Crippen LogP contribution in [0, 0.1) is 5.41 Å². The number of ether oxygens (including phenoxy) is 2. The summed E-state index contributed by atoms with van der Waals surface area (Å²) in [6, 6.07) is 0. The third kappa shape index (κ3) is 3.52. The fourth-order valence-electron chi connectivity index (χ4n) is 0.275. The lowest BCUT2D eigenvalue weighted by Gasteiger charge is -1.98. The number of rotatable bonds is 2. The molecule has 0 rings (SSSR count). The molecule has 4 heteroatoms. The molecule has 1 N–H and O–H groups in total. The number of carbonyl (C=O) groups excluding carboxylic acids is 1. The highest BCUT2D eigenvalue weighted by Crippen LogP contribution is 1.86.